The highest BCUT2D eigenvalue weighted by molar-refractivity contribution is 6.10. The van der Waals surface area contributed by atoms with E-state index >= 15 is 0 Å². The van der Waals surface area contributed by atoms with Gasteiger partial charge in [-0.1, -0.05) is 93.6 Å². The number of hydrogen-bond donors (Lipinski definition) is 0. The van der Waals surface area contributed by atoms with E-state index in [1.807, 2.05) is 42.5 Å². The number of unbranched alkanes of at least 4 members (excludes halogenated alkanes) is 5. The Labute approximate surface area is 167 Å². The van der Waals surface area contributed by atoms with Crippen LogP contribution in [0.15, 0.2) is 54.6 Å². The van der Waals surface area contributed by atoms with Gasteiger partial charge in [0.1, 0.15) is 0 Å². The molecule has 1 atom stereocenters. The molecule has 0 radical (unpaired) electrons. The maximum absolute atomic E-state index is 12.5. The lowest BCUT2D eigenvalue weighted by atomic mass is 9.96. The minimum atomic E-state index is -1.41. The number of ether oxygens (including phenoxy) is 1. The number of carbonyl (C=O) groups excluding carboxylic acids is 2. The number of nitrogens with zero attached hydrogens (tertiary/aromatic N) is 1. The molecule has 4 heteroatoms. The van der Waals surface area contributed by atoms with E-state index in [1.54, 1.807) is 18.2 Å². The van der Waals surface area contributed by atoms with Crippen molar-refractivity contribution in [2.75, 3.05) is 6.61 Å². The van der Waals surface area contributed by atoms with E-state index in [9.17, 15) is 14.9 Å². The highest BCUT2D eigenvalue weighted by Gasteiger charge is 2.29. The minimum absolute atomic E-state index is 0.253. The Bertz CT molecular complexity index is 791. The molecule has 28 heavy (non-hydrogen) atoms. The standard InChI is InChI=1S/C24H27NO3/c1-2-3-4-5-6-10-17-28-24(27)22(18-25)23(26)21-15-13-20(14-16-21)19-11-8-7-9-12-19/h7-9,11-16,22H,2-6,10,17H2,1H3. The first-order chi connectivity index (χ1) is 13.7. The monoisotopic (exact) mass is 377 g/mol. The summed E-state index contributed by atoms with van der Waals surface area (Å²) >= 11 is 0. The summed E-state index contributed by atoms with van der Waals surface area (Å²) in [4.78, 5) is 24.7. The molecule has 0 saturated heterocycles. The summed E-state index contributed by atoms with van der Waals surface area (Å²) in [6, 6.07) is 18.5. The minimum Gasteiger partial charge on any atom is -0.464 e. The van der Waals surface area contributed by atoms with Crippen LogP contribution in [0.4, 0.5) is 0 Å². The highest BCUT2D eigenvalue weighted by Crippen LogP contribution is 2.20. The first-order valence-electron chi connectivity index (χ1n) is 9.93. The van der Waals surface area contributed by atoms with Crippen molar-refractivity contribution < 1.29 is 14.3 Å². The van der Waals surface area contributed by atoms with Gasteiger partial charge in [-0.25, -0.2) is 0 Å². The molecular weight excluding hydrogens is 350 g/mol. The van der Waals surface area contributed by atoms with Crippen molar-refractivity contribution in [1.29, 1.82) is 5.26 Å². The van der Waals surface area contributed by atoms with Crippen LogP contribution in [0.3, 0.4) is 0 Å². The second-order valence-electron chi connectivity index (χ2n) is 6.81. The number of hydrogen-bond acceptors (Lipinski definition) is 4. The van der Waals surface area contributed by atoms with E-state index in [-0.39, 0.29) is 6.61 Å². The average molecular weight is 377 g/mol. The number of esters is 1. The van der Waals surface area contributed by atoms with Gasteiger partial charge in [-0.15, -0.1) is 0 Å². The number of nitriles is 1. The molecule has 0 heterocycles. The fourth-order valence-electron chi connectivity index (χ4n) is 2.98. The molecular formula is C24H27NO3. The number of ketones is 1. The van der Waals surface area contributed by atoms with E-state index in [2.05, 4.69) is 6.92 Å². The molecule has 0 N–H and O–H groups in total. The van der Waals surface area contributed by atoms with Gasteiger partial charge in [0.2, 0.25) is 5.92 Å². The van der Waals surface area contributed by atoms with Crippen molar-refractivity contribution in [3.05, 3.63) is 60.2 Å². The van der Waals surface area contributed by atoms with Crippen LogP contribution in [0.1, 0.15) is 55.8 Å². The van der Waals surface area contributed by atoms with Gasteiger partial charge < -0.3 is 4.74 Å². The second-order valence-corrected chi connectivity index (χ2v) is 6.81. The zero-order chi connectivity index (χ0) is 20.2. The smallest absolute Gasteiger partial charge is 0.331 e. The first kappa shape index (κ1) is 21.4. The van der Waals surface area contributed by atoms with E-state index in [0.717, 1.165) is 30.4 Å². The van der Waals surface area contributed by atoms with Crippen molar-refractivity contribution in [1.82, 2.24) is 0 Å². The van der Waals surface area contributed by atoms with E-state index in [0.29, 0.717) is 5.56 Å². The van der Waals surface area contributed by atoms with Gasteiger partial charge in [0.25, 0.3) is 0 Å². The summed E-state index contributed by atoms with van der Waals surface area (Å²) in [5, 5.41) is 9.29. The predicted octanol–water partition coefficient (Wildman–Crippen LogP) is 5.58. The lowest BCUT2D eigenvalue weighted by Crippen LogP contribution is -2.25. The van der Waals surface area contributed by atoms with Crippen LogP contribution in [0, 0.1) is 17.2 Å². The average Bonchev–Trinajstić information content (AvgIpc) is 2.74. The first-order valence-corrected chi connectivity index (χ1v) is 9.93. The van der Waals surface area contributed by atoms with Crippen molar-refractivity contribution >= 4 is 11.8 Å². The third-order valence-electron chi connectivity index (χ3n) is 4.65. The van der Waals surface area contributed by atoms with Crippen molar-refractivity contribution in [2.45, 2.75) is 45.4 Å². The van der Waals surface area contributed by atoms with Crippen LogP contribution in [-0.4, -0.2) is 18.4 Å². The Morgan fingerprint density at radius 3 is 2.14 bits per heavy atom. The molecule has 146 valence electrons. The summed E-state index contributed by atoms with van der Waals surface area (Å²) in [7, 11) is 0. The summed E-state index contributed by atoms with van der Waals surface area (Å²) in [6.07, 6.45) is 6.44. The van der Waals surface area contributed by atoms with Gasteiger partial charge in [0.05, 0.1) is 12.7 Å². The predicted molar refractivity (Wildman–Crippen MR) is 110 cm³/mol. The van der Waals surface area contributed by atoms with Crippen LogP contribution in [0.5, 0.6) is 0 Å². The Balaban J connectivity index is 1.88. The second kappa shape index (κ2) is 11.7. The number of rotatable bonds is 11. The molecule has 0 spiro atoms. The molecule has 0 aliphatic carbocycles. The molecule has 2 aromatic carbocycles. The van der Waals surface area contributed by atoms with E-state index < -0.39 is 17.7 Å². The normalized spacial score (nSPS) is 11.4. The topological polar surface area (TPSA) is 67.2 Å². The quantitative estimate of drug-likeness (QED) is 0.222. The summed E-state index contributed by atoms with van der Waals surface area (Å²) in [5.74, 6) is -2.69. The van der Waals surface area contributed by atoms with Gasteiger partial charge in [0.15, 0.2) is 5.78 Å². The van der Waals surface area contributed by atoms with Crippen molar-refractivity contribution in [2.24, 2.45) is 5.92 Å². The summed E-state index contributed by atoms with van der Waals surface area (Å²) in [5.41, 5.74) is 2.34. The Morgan fingerprint density at radius 1 is 0.893 bits per heavy atom. The SMILES string of the molecule is CCCCCCCCOC(=O)C(C#N)C(=O)c1ccc(-c2ccccc2)cc1. The van der Waals surface area contributed by atoms with Crippen LogP contribution in [-0.2, 0) is 9.53 Å². The maximum atomic E-state index is 12.5. The zero-order valence-electron chi connectivity index (χ0n) is 16.4. The molecule has 0 aliphatic rings. The van der Waals surface area contributed by atoms with E-state index in [4.69, 9.17) is 4.74 Å². The Morgan fingerprint density at radius 2 is 1.50 bits per heavy atom. The summed E-state index contributed by atoms with van der Waals surface area (Å²) < 4.78 is 5.16. The highest BCUT2D eigenvalue weighted by atomic mass is 16.5. The molecule has 4 nitrogen and oxygen atoms in total. The Hall–Kier alpha value is -2.93. The molecule has 0 aromatic heterocycles. The summed E-state index contributed by atoms with van der Waals surface area (Å²) in [6.45, 7) is 2.42. The van der Waals surface area contributed by atoms with Gasteiger partial charge >= 0.3 is 5.97 Å². The number of benzene rings is 2. The van der Waals surface area contributed by atoms with Crippen LogP contribution >= 0.6 is 0 Å². The maximum Gasteiger partial charge on any atom is 0.331 e. The van der Waals surface area contributed by atoms with Crippen LogP contribution in [0.2, 0.25) is 0 Å². The zero-order valence-corrected chi connectivity index (χ0v) is 16.4. The Kier molecular flexibility index (Phi) is 8.94. The fourth-order valence-corrected chi connectivity index (χ4v) is 2.98. The van der Waals surface area contributed by atoms with Gasteiger partial charge in [-0.2, -0.15) is 5.26 Å². The molecule has 2 rings (SSSR count). The third kappa shape index (κ3) is 6.35. The fraction of sp³-hybridized carbons (Fsp3) is 0.375. The van der Waals surface area contributed by atoms with Crippen molar-refractivity contribution in [3.8, 4) is 17.2 Å². The largest absolute Gasteiger partial charge is 0.464 e. The third-order valence-corrected chi connectivity index (χ3v) is 4.65. The molecule has 2 aromatic rings. The van der Waals surface area contributed by atoms with Gasteiger partial charge in [-0.3, -0.25) is 9.59 Å². The lowest BCUT2D eigenvalue weighted by Gasteiger charge is -2.10. The van der Waals surface area contributed by atoms with Crippen molar-refractivity contribution in [3.63, 3.8) is 0 Å². The van der Waals surface area contributed by atoms with Gasteiger partial charge in [0, 0.05) is 5.56 Å². The lowest BCUT2D eigenvalue weighted by molar-refractivity contribution is -0.145. The molecule has 0 amide bonds. The molecule has 0 bridgehead atoms. The van der Waals surface area contributed by atoms with E-state index in [1.165, 1.54) is 19.3 Å². The number of carbonyl (C=O) groups is 2. The molecule has 1 unspecified atom stereocenters. The molecule has 0 aliphatic heterocycles. The molecule has 0 saturated carbocycles. The molecule has 0 fully saturated rings. The van der Waals surface area contributed by atoms with Crippen LogP contribution in [0.25, 0.3) is 11.1 Å². The van der Waals surface area contributed by atoms with Gasteiger partial charge in [-0.05, 0) is 17.5 Å². The number of Topliss-reactive ketones (excluding diaryl/α,β-unsaturated/α-hetero) is 1. The van der Waals surface area contributed by atoms with Crippen LogP contribution < -0.4 is 0 Å².